The summed E-state index contributed by atoms with van der Waals surface area (Å²) < 4.78 is 11.1. The zero-order valence-electron chi connectivity index (χ0n) is 17.6. The molecule has 0 spiro atoms. The molecule has 2 aliphatic rings. The van der Waals surface area contributed by atoms with E-state index in [9.17, 15) is 9.59 Å². The number of carbonyl (C=O) groups is 2. The number of hydrogen-bond acceptors (Lipinski definition) is 4. The fourth-order valence-electron chi connectivity index (χ4n) is 4.56. The van der Waals surface area contributed by atoms with Crippen molar-refractivity contribution < 1.29 is 18.7 Å². The van der Waals surface area contributed by atoms with Crippen molar-refractivity contribution in [1.82, 2.24) is 15.5 Å². The molecule has 7 nitrogen and oxygen atoms in total. The Labute approximate surface area is 177 Å². The number of carbonyl (C=O) groups excluding carboxylic acids is 2. The van der Waals surface area contributed by atoms with Gasteiger partial charge in [0.25, 0.3) is 5.91 Å². The van der Waals surface area contributed by atoms with Crippen LogP contribution < -0.4 is 10.6 Å². The molecule has 1 aromatic carbocycles. The van der Waals surface area contributed by atoms with Crippen molar-refractivity contribution in [2.75, 3.05) is 20.2 Å². The minimum atomic E-state index is -0.219. The monoisotopic (exact) mass is 413 g/mol. The van der Waals surface area contributed by atoms with Crippen LogP contribution in [-0.2, 0) is 11.3 Å². The first kappa shape index (κ1) is 20.7. The highest BCUT2D eigenvalue weighted by molar-refractivity contribution is 5.99. The van der Waals surface area contributed by atoms with Crippen LogP contribution in [0.3, 0.4) is 0 Å². The van der Waals surface area contributed by atoms with Gasteiger partial charge >= 0.3 is 6.03 Å². The van der Waals surface area contributed by atoms with Gasteiger partial charge in [0, 0.05) is 43.2 Å². The van der Waals surface area contributed by atoms with Crippen LogP contribution in [0.5, 0.6) is 0 Å². The van der Waals surface area contributed by atoms with Gasteiger partial charge in [-0.15, -0.1) is 0 Å². The number of piperidine rings is 1. The largest absolute Gasteiger partial charge is 0.451 e. The second kappa shape index (κ2) is 9.51. The summed E-state index contributed by atoms with van der Waals surface area (Å²) in [6, 6.07) is 7.98. The van der Waals surface area contributed by atoms with Crippen LogP contribution in [-0.4, -0.2) is 49.1 Å². The van der Waals surface area contributed by atoms with Crippen LogP contribution in [0, 0.1) is 0 Å². The number of ether oxygens (including phenoxy) is 1. The number of methoxy groups -OCH3 is 1. The fraction of sp³-hybridized carbons (Fsp3) is 0.565. The van der Waals surface area contributed by atoms with E-state index >= 15 is 0 Å². The molecule has 2 heterocycles. The van der Waals surface area contributed by atoms with Gasteiger partial charge in [-0.25, -0.2) is 4.79 Å². The molecule has 4 rings (SSSR count). The van der Waals surface area contributed by atoms with Crippen molar-refractivity contribution in [2.24, 2.45) is 0 Å². The lowest BCUT2D eigenvalue weighted by Gasteiger charge is -2.34. The maximum atomic E-state index is 12.9. The number of amides is 3. The van der Waals surface area contributed by atoms with E-state index in [-0.39, 0.29) is 18.0 Å². The SMILES string of the molecule is COCc1c(C(=O)NC2CCN(C(=O)NC3CCCCC3)CC2)oc2ccccc12. The van der Waals surface area contributed by atoms with E-state index in [0.717, 1.165) is 36.6 Å². The number of benzene rings is 1. The zero-order valence-corrected chi connectivity index (χ0v) is 17.6. The predicted octanol–water partition coefficient (Wildman–Crippen LogP) is 3.82. The minimum Gasteiger partial charge on any atom is -0.451 e. The van der Waals surface area contributed by atoms with E-state index in [4.69, 9.17) is 9.15 Å². The third kappa shape index (κ3) is 4.61. The number of furan rings is 1. The molecule has 1 saturated heterocycles. The summed E-state index contributed by atoms with van der Waals surface area (Å²) in [6.45, 7) is 1.61. The Kier molecular flexibility index (Phi) is 6.57. The highest BCUT2D eigenvalue weighted by atomic mass is 16.5. The van der Waals surface area contributed by atoms with Crippen LogP contribution in [0.2, 0.25) is 0 Å². The summed E-state index contributed by atoms with van der Waals surface area (Å²) >= 11 is 0. The quantitative estimate of drug-likeness (QED) is 0.781. The summed E-state index contributed by atoms with van der Waals surface area (Å²) in [5, 5.41) is 7.17. The fourth-order valence-corrected chi connectivity index (χ4v) is 4.56. The van der Waals surface area contributed by atoms with Gasteiger partial charge in [0.1, 0.15) is 5.58 Å². The van der Waals surface area contributed by atoms with Gasteiger partial charge in [-0.3, -0.25) is 4.79 Å². The second-order valence-electron chi connectivity index (χ2n) is 8.36. The summed E-state index contributed by atoms with van der Waals surface area (Å²) in [6.07, 6.45) is 7.32. The maximum absolute atomic E-state index is 12.9. The molecule has 1 aliphatic carbocycles. The molecule has 3 amide bonds. The maximum Gasteiger partial charge on any atom is 0.317 e. The first-order chi connectivity index (χ1) is 14.7. The lowest BCUT2D eigenvalue weighted by Crippen LogP contribution is -2.51. The highest BCUT2D eigenvalue weighted by Crippen LogP contribution is 2.27. The van der Waals surface area contributed by atoms with Crippen molar-refractivity contribution >= 4 is 22.9 Å². The second-order valence-corrected chi connectivity index (χ2v) is 8.36. The normalized spacial score (nSPS) is 18.5. The molecular weight excluding hydrogens is 382 g/mol. The molecule has 1 aliphatic heterocycles. The molecule has 1 saturated carbocycles. The number of rotatable bonds is 5. The van der Waals surface area contributed by atoms with E-state index in [1.165, 1.54) is 19.3 Å². The highest BCUT2D eigenvalue weighted by Gasteiger charge is 2.28. The van der Waals surface area contributed by atoms with Crippen molar-refractivity contribution in [3.05, 3.63) is 35.6 Å². The van der Waals surface area contributed by atoms with Crippen LogP contribution in [0.1, 0.15) is 61.1 Å². The molecule has 2 N–H and O–H groups in total. The molecular formula is C23H31N3O4. The minimum absolute atomic E-state index is 0.0276. The average Bonchev–Trinajstić information content (AvgIpc) is 3.14. The van der Waals surface area contributed by atoms with E-state index < -0.39 is 0 Å². The Morgan fingerprint density at radius 2 is 1.73 bits per heavy atom. The van der Waals surface area contributed by atoms with E-state index in [1.54, 1.807) is 7.11 Å². The van der Waals surface area contributed by atoms with Gasteiger partial charge in [-0.1, -0.05) is 37.5 Å². The molecule has 30 heavy (non-hydrogen) atoms. The Balaban J connectivity index is 1.33. The van der Waals surface area contributed by atoms with Crippen LogP contribution in [0.25, 0.3) is 11.0 Å². The number of nitrogens with one attached hydrogen (secondary N) is 2. The lowest BCUT2D eigenvalue weighted by molar-refractivity contribution is 0.0885. The molecule has 162 valence electrons. The molecule has 0 atom stereocenters. The van der Waals surface area contributed by atoms with E-state index in [1.807, 2.05) is 29.2 Å². The third-order valence-electron chi connectivity index (χ3n) is 6.24. The predicted molar refractivity (Wildman–Crippen MR) is 114 cm³/mol. The summed E-state index contributed by atoms with van der Waals surface area (Å²) in [5.41, 5.74) is 1.46. The summed E-state index contributed by atoms with van der Waals surface area (Å²) in [4.78, 5) is 27.3. The molecule has 0 radical (unpaired) electrons. The third-order valence-corrected chi connectivity index (χ3v) is 6.24. The molecule has 7 heteroatoms. The Bertz CT molecular complexity index is 880. The smallest absolute Gasteiger partial charge is 0.317 e. The van der Waals surface area contributed by atoms with Gasteiger partial charge in [0.05, 0.1) is 6.61 Å². The van der Waals surface area contributed by atoms with Crippen LogP contribution in [0.4, 0.5) is 4.79 Å². The van der Waals surface area contributed by atoms with Gasteiger partial charge in [0.15, 0.2) is 5.76 Å². The lowest BCUT2D eigenvalue weighted by atomic mass is 9.95. The van der Waals surface area contributed by atoms with Crippen molar-refractivity contribution in [1.29, 1.82) is 0 Å². The molecule has 1 aromatic heterocycles. The number of hydrogen-bond donors (Lipinski definition) is 2. The zero-order chi connectivity index (χ0) is 20.9. The topological polar surface area (TPSA) is 83.8 Å². The number of fused-ring (bicyclic) bond motifs is 1. The van der Waals surface area contributed by atoms with Gasteiger partial charge < -0.3 is 24.7 Å². The average molecular weight is 414 g/mol. The standard InChI is InChI=1S/C23H31N3O4/c1-29-15-19-18-9-5-6-10-20(18)30-21(19)22(27)24-17-11-13-26(14-12-17)23(28)25-16-7-3-2-4-8-16/h5-6,9-10,16-17H,2-4,7-8,11-15H2,1H3,(H,24,27)(H,25,28). The number of likely N-dealkylation sites (tertiary alicyclic amines) is 1. The van der Waals surface area contributed by atoms with Crippen LogP contribution in [0.15, 0.2) is 28.7 Å². The molecule has 2 aromatic rings. The van der Waals surface area contributed by atoms with Gasteiger partial charge in [-0.05, 0) is 31.7 Å². The number of urea groups is 1. The van der Waals surface area contributed by atoms with Crippen molar-refractivity contribution in [2.45, 2.75) is 63.6 Å². The van der Waals surface area contributed by atoms with Crippen LogP contribution >= 0.6 is 0 Å². The van der Waals surface area contributed by atoms with Crippen molar-refractivity contribution in [3.8, 4) is 0 Å². The van der Waals surface area contributed by atoms with E-state index in [0.29, 0.717) is 37.1 Å². The Morgan fingerprint density at radius 1 is 1.03 bits per heavy atom. The first-order valence-electron chi connectivity index (χ1n) is 11.0. The molecule has 0 unspecified atom stereocenters. The number of para-hydroxylation sites is 1. The first-order valence-corrected chi connectivity index (χ1v) is 11.0. The van der Waals surface area contributed by atoms with Gasteiger partial charge in [0.2, 0.25) is 0 Å². The summed E-state index contributed by atoms with van der Waals surface area (Å²) in [7, 11) is 1.61. The Hall–Kier alpha value is -2.54. The number of nitrogens with zero attached hydrogens (tertiary/aromatic N) is 1. The van der Waals surface area contributed by atoms with Crippen molar-refractivity contribution in [3.63, 3.8) is 0 Å². The summed E-state index contributed by atoms with van der Waals surface area (Å²) in [5.74, 6) is 0.0962. The Morgan fingerprint density at radius 3 is 2.47 bits per heavy atom. The van der Waals surface area contributed by atoms with Gasteiger partial charge in [-0.2, -0.15) is 0 Å². The van der Waals surface area contributed by atoms with E-state index in [2.05, 4.69) is 10.6 Å². The molecule has 2 fully saturated rings. The molecule has 0 bridgehead atoms.